The molecule has 2 fully saturated rings. The third kappa shape index (κ3) is 4.41. The lowest BCUT2D eigenvalue weighted by molar-refractivity contribution is -0.137. The minimum atomic E-state index is -4.59. The van der Waals surface area contributed by atoms with Gasteiger partial charge >= 0.3 is 6.18 Å². The van der Waals surface area contributed by atoms with E-state index in [0.717, 1.165) is 25.0 Å². The van der Waals surface area contributed by atoms with Crippen molar-refractivity contribution in [1.29, 1.82) is 0 Å². The van der Waals surface area contributed by atoms with Gasteiger partial charge < -0.3 is 10.6 Å². The van der Waals surface area contributed by atoms with Gasteiger partial charge in [-0.2, -0.15) is 13.2 Å². The van der Waals surface area contributed by atoms with Crippen LogP contribution in [0.1, 0.15) is 24.0 Å². The molecule has 2 heterocycles. The Balaban J connectivity index is 2.10. The van der Waals surface area contributed by atoms with Crippen LogP contribution < -0.4 is 16.0 Å². The Kier molecular flexibility index (Phi) is 5.73. The van der Waals surface area contributed by atoms with Gasteiger partial charge in [-0.1, -0.05) is 11.6 Å². The third-order valence-electron chi connectivity index (χ3n) is 4.52. The highest BCUT2D eigenvalue weighted by Gasteiger charge is 2.34. The van der Waals surface area contributed by atoms with Gasteiger partial charge in [-0.25, -0.2) is 0 Å². The molecule has 2 aliphatic rings. The Hall–Kier alpha value is -1.71. The van der Waals surface area contributed by atoms with Gasteiger partial charge in [-0.05, 0) is 55.3 Å². The average molecular weight is 420 g/mol. The third-order valence-corrected chi connectivity index (χ3v) is 5.62. The highest BCUT2D eigenvalue weighted by Crippen LogP contribution is 2.41. The van der Waals surface area contributed by atoms with E-state index < -0.39 is 22.9 Å². The molecule has 10 heteroatoms. The van der Waals surface area contributed by atoms with Crippen molar-refractivity contribution in [1.82, 2.24) is 5.32 Å². The highest BCUT2D eigenvalue weighted by molar-refractivity contribution is 8.18. The quantitative estimate of drug-likeness (QED) is 0.728. The molecule has 1 aromatic rings. The number of carbonyl (C=O) groups excluding carboxylic acids is 2. The van der Waals surface area contributed by atoms with E-state index in [2.05, 4.69) is 5.32 Å². The Morgan fingerprint density at radius 1 is 1.37 bits per heavy atom. The second-order valence-electron chi connectivity index (χ2n) is 6.44. The summed E-state index contributed by atoms with van der Waals surface area (Å²) in [6.45, 7) is 1.66. The summed E-state index contributed by atoms with van der Waals surface area (Å²) in [5.74, 6) is -0.425. The molecule has 27 heavy (non-hydrogen) atoms. The van der Waals surface area contributed by atoms with Crippen molar-refractivity contribution in [2.75, 3.05) is 24.5 Å². The molecule has 0 bridgehead atoms. The number of rotatable bonds is 3. The minimum Gasteiger partial charge on any atom is -0.370 e. The maximum Gasteiger partial charge on any atom is 0.416 e. The molecule has 0 radical (unpaired) electrons. The lowest BCUT2D eigenvalue weighted by atomic mass is 9.96. The van der Waals surface area contributed by atoms with Crippen LogP contribution >= 0.6 is 23.4 Å². The number of thioether (sulfide) groups is 1. The van der Waals surface area contributed by atoms with Crippen LogP contribution in [0, 0.1) is 5.92 Å². The number of benzene rings is 1. The first-order valence-electron chi connectivity index (χ1n) is 8.29. The fraction of sp³-hybridized carbons (Fsp3) is 0.412. The van der Waals surface area contributed by atoms with Crippen molar-refractivity contribution in [3.63, 3.8) is 0 Å². The summed E-state index contributed by atoms with van der Waals surface area (Å²) in [5, 5.41) is 1.48. The van der Waals surface area contributed by atoms with Crippen LogP contribution in [-0.4, -0.2) is 30.8 Å². The Morgan fingerprint density at radius 2 is 2.11 bits per heavy atom. The van der Waals surface area contributed by atoms with E-state index in [4.69, 9.17) is 17.3 Å². The van der Waals surface area contributed by atoms with Crippen LogP contribution in [0.3, 0.4) is 0 Å². The summed E-state index contributed by atoms with van der Waals surface area (Å²) in [7, 11) is 0. The van der Waals surface area contributed by atoms with E-state index in [9.17, 15) is 22.8 Å². The molecular weight excluding hydrogens is 403 g/mol. The molecule has 3 N–H and O–H groups in total. The summed E-state index contributed by atoms with van der Waals surface area (Å²) in [4.78, 5) is 25.1. The number of alkyl halides is 3. The van der Waals surface area contributed by atoms with Crippen LogP contribution in [0.4, 0.5) is 23.7 Å². The summed E-state index contributed by atoms with van der Waals surface area (Å²) in [6, 6.07) is 1.84. The monoisotopic (exact) mass is 419 g/mol. The number of nitrogens with one attached hydrogen (secondary N) is 1. The number of nitrogens with two attached hydrogens (primary N) is 1. The number of nitrogens with zero attached hydrogens (tertiary/aromatic N) is 1. The van der Waals surface area contributed by atoms with E-state index in [1.165, 1.54) is 6.08 Å². The van der Waals surface area contributed by atoms with Crippen molar-refractivity contribution in [3.05, 3.63) is 33.2 Å². The number of amides is 2. The first-order valence-corrected chi connectivity index (χ1v) is 9.49. The largest absolute Gasteiger partial charge is 0.416 e. The van der Waals surface area contributed by atoms with Crippen LogP contribution in [0.2, 0.25) is 5.02 Å². The van der Waals surface area contributed by atoms with E-state index in [1.807, 2.05) is 4.90 Å². The second-order valence-corrected chi connectivity index (χ2v) is 7.86. The molecule has 2 amide bonds. The van der Waals surface area contributed by atoms with Crippen LogP contribution in [0.15, 0.2) is 17.0 Å². The molecule has 0 aliphatic carbocycles. The molecule has 5 nitrogen and oxygen atoms in total. The summed E-state index contributed by atoms with van der Waals surface area (Å²) >= 11 is 6.89. The fourth-order valence-corrected chi connectivity index (χ4v) is 4.27. The van der Waals surface area contributed by atoms with Gasteiger partial charge in [-0.3, -0.25) is 14.9 Å². The lowest BCUT2D eigenvalue weighted by Gasteiger charge is -2.35. The average Bonchev–Trinajstić information content (AvgIpc) is 2.91. The molecule has 0 aromatic heterocycles. The standard InChI is InChI=1S/C17H17ClF3N3O2S/c18-12-6-11(17(19,20)21)4-10(5-13-15(25)23-16(26)27-13)14(12)24-3-1-2-9(7-22)8-24/h4-6,9H,1-3,7-8,22H2,(H,23,25,26). The zero-order valence-electron chi connectivity index (χ0n) is 14.1. The van der Waals surface area contributed by atoms with Crippen LogP contribution in [0.5, 0.6) is 0 Å². The predicted octanol–water partition coefficient (Wildman–Crippen LogP) is 3.86. The zero-order chi connectivity index (χ0) is 19.8. The van der Waals surface area contributed by atoms with Crippen molar-refractivity contribution in [3.8, 4) is 0 Å². The highest BCUT2D eigenvalue weighted by atomic mass is 35.5. The van der Waals surface area contributed by atoms with Crippen molar-refractivity contribution >= 4 is 46.3 Å². The Bertz CT molecular complexity index is 813. The van der Waals surface area contributed by atoms with E-state index in [0.29, 0.717) is 37.1 Å². The molecule has 2 aliphatic heterocycles. The van der Waals surface area contributed by atoms with Crippen LogP contribution in [-0.2, 0) is 11.0 Å². The molecule has 2 saturated heterocycles. The van der Waals surface area contributed by atoms with Crippen molar-refractivity contribution in [2.45, 2.75) is 19.0 Å². The Morgan fingerprint density at radius 3 is 2.70 bits per heavy atom. The number of anilines is 1. The first-order chi connectivity index (χ1) is 12.7. The number of hydrogen-bond donors (Lipinski definition) is 2. The van der Waals surface area contributed by atoms with E-state index in [-0.39, 0.29) is 21.4 Å². The molecule has 1 aromatic carbocycles. The summed E-state index contributed by atoms with van der Waals surface area (Å²) in [6.07, 6.45) is -1.52. The second kappa shape index (κ2) is 7.73. The smallest absolute Gasteiger partial charge is 0.370 e. The van der Waals surface area contributed by atoms with Crippen molar-refractivity contribution < 1.29 is 22.8 Å². The van der Waals surface area contributed by atoms with Gasteiger partial charge in [0.2, 0.25) is 0 Å². The van der Waals surface area contributed by atoms with Gasteiger partial charge in [0.25, 0.3) is 11.1 Å². The summed E-state index contributed by atoms with van der Waals surface area (Å²) < 4.78 is 39.7. The SMILES string of the molecule is NCC1CCCN(c2c(Cl)cc(C(F)(F)F)cc2C=C2SC(=O)NC2=O)C1. The first kappa shape index (κ1) is 20.0. The maximum atomic E-state index is 13.2. The zero-order valence-corrected chi connectivity index (χ0v) is 15.7. The molecule has 0 saturated carbocycles. The van der Waals surface area contributed by atoms with E-state index in [1.54, 1.807) is 0 Å². The van der Waals surface area contributed by atoms with Crippen molar-refractivity contribution in [2.24, 2.45) is 11.7 Å². The Labute approximate surface area is 163 Å². The van der Waals surface area contributed by atoms with Gasteiger partial charge in [0.05, 0.1) is 21.2 Å². The number of imide groups is 1. The molecule has 1 unspecified atom stereocenters. The van der Waals surface area contributed by atoms with Crippen LogP contribution in [0.25, 0.3) is 6.08 Å². The lowest BCUT2D eigenvalue weighted by Crippen LogP contribution is -2.39. The number of hydrogen-bond acceptors (Lipinski definition) is 5. The normalized spacial score (nSPS) is 22.5. The molecular formula is C17H17ClF3N3O2S. The minimum absolute atomic E-state index is 0.0315. The number of carbonyl (C=O) groups is 2. The molecule has 146 valence electrons. The van der Waals surface area contributed by atoms with Gasteiger partial charge in [0.1, 0.15) is 0 Å². The predicted molar refractivity (Wildman–Crippen MR) is 99.6 cm³/mol. The van der Waals surface area contributed by atoms with E-state index >= 15 is 0 Å². The fourth-order valence-electron chi connectivity index (χ4n) is 3.25. The number of piperidine rings is 1. The topological polar surface area (TPSA) is 75.4 Å². The van der Waals surface area contributed by atoms with Gasteiger partial charge in [0.15, 0.2) is 0 Å². The summed E-state index contributed by atoms with van der Waals surface area (Å²) in [5.41, 5.74) is 5.41. The van der Waals surface area contributed by atoms with Gasteiger partial charge in [-0.15, -0.1) is 0 Å². The molecule has 3 rings (SSSR count). The molecule has 0 spiro atoms. The number of halogens is 4. The maximum absolute atomic E-state index is 13.2. The molecule has 1 atom stereocenters. The van der Waals surface area contributed by atoms with Gasteiger partial charge in [0, 0.05) is 18.7 Å².